The Morgan fingerprint density at radius 1 is 1.11 bits per heavy atom. The van der Waals surface area contributed by atoms with Gasteiger partial charge in [-0.1, -0.05) is 54.2 Å². The van der Waals surface area contributed by atoms with Crippen molar-refractivity contribution >= 4 is 28.9 Å². The fraction of sp³-hybridized carbons (Fsp3) is 0.296. The summed E-state index contributed by atoms with van der Waals surface area (Å²) in [4.78, 5) is 21.8. The average molecular weight is 486 g/mol. The predicted molar refractivity (Wildman–Crippen MR) is 138 cm³/mol. The Hall–Kier alpha value is -3.54. The van der Waals surface area contributed by atoms with E-state index >= 15 is 0 Å². The van der Waals surface area contributed by atoms with Crippen LogP contribution in [0.5, 0.6) is 0 Å². The Morgan fingerprint density at radius 3 is 2.43 bits per heavy atom. The number of hydrogen-bond donors (Lipinski definition) is 0. The van der Waals surface area contributed by atoms with E-state index in [-0.39, 0.29) is 23.2 Å². The summed E-state index contributed by atoms with van der Waals surface area (Å²) >= 11 is 1.37. The third kappa shape index (κ3) is 4.45. The number of thioether (sulfide) groups is 1. The number of imidazole rings is 1. The van der Waals surface area contributed by atoms with Gasteiger partial charge in [-0.3, -0.25) is 4.79 Å². The molecule has 2 aliphatic heterocycles. The lowest BCUT2D eigenvalue weighted by Gasteiger charge is -2.20. The minimum absolute atomic E-state index is 0.126. The van der Waals surface area contributed by atoms with Gasteiger partial charge in [-0.2, -0.15) is 5.26 Å². The molecule has 0 bridgehead atoms. The number of carbonyl (C=O) groups is 1. The Morgan fingerprint density at radius 2 is 1.80 bits per heavy atom. The fourth-order valence-electron chi connectivity index (χ4n) is 4.74. The van der Waals surface area contributed by atoms with Crippen LogP contribution in [0.4, 0.5) is 11.4 Å². The number of carbonyl (C=O) groups excluding carboxylic acids is 1. The molecule has 178 valence electrons. The molecule has 35 heavy (non-hydrogen) atoms. The molecule has 0 aliphatic carbocycles. The van der Waals surface area contributed by atoms with Crippen LogP contribution in [0.2, 0.25) is 0 Å². The number of benzene rings is 2. The largest absolute Gasteiger partial charge is 0.376 e. The smallest absolute Gasteiger partial charge is 0.187 e. The van der Waals surface area contributed by atoms with Gasteiger partial charge in [0.25, 0.3) is 0 Å². The van der Waals surface area contributed by atoms with Gasteiger partial charge in [-0.25, -0.2) is 4.98 Å². The molecule has 8 heteroatoms. The molecule has 5 rings (SSSR count). The van der Waals surface area contributed by atoms with Crippen molar-refractivity contribution < 1.29 is 9.53 Å². The van der Waals surface area contributed by atoms with Crippen molar-refractivity contribution in [3.05, 3.63) is 72.2 Å². The van der Waals surface area contributed by atoms with Crippen LogP contribution in [0.15, 0.2) is 77.3 Å². The van der Waals surface area contributed by atoms with Crippen LogP contribution in [0, 0.1) is 11.3 Å². The molecule has 7 nitrogen and oxygen atoms in total. The highest BCUT2D eigenvalue weighted by atomic mass is 32.2. The molecule has 1 atom stereocenters. The number of Topliss-reactive ketones (excluding diaryl/α,β-unsaturated/α-hetero) is 1. The average Bonchev–Trinajstić information content (AvgIpc) is 3.60. The van der Waals surface area contributed by atoms with E-state index in [0.29, 0.717) is 12.4 Å². The summed E-state index contributed by atoms with van der Waals surface area (Å²) in [7, 11) is 3.77. The number of nitrogens with zero attached hydrogens (tertiary/aromatic N) is 5. The molecule has 1 aromatic heterocycles. The quantitative estimate of drug-likeness (QED) is 0.273. The Labute approximate surface area is 209 Å². The van der Waals surface area contributed by atoms with E-state index < -0.39 is 0 Å². The van der Waals surface area contributed by atoms with Crippen molar-refractivity contribution in [3.8, 4) is 17.3 Å². The normalized spacial score (nSPS) is 16.9. The Balaban J connectivity index is 1.40. The topological polar surface area (TPSA) is 74.4 Å². The molecule has 3 heterocycles. The van der Waals surface area contributed by atoms with Crippen molar-refractivity contribution in [1.82, 2.24) is 9.55 Å². The second-order valence-electron chi connectivity index (χ2n) is 8.67. The van der Waals surface area contributed by atoms with Crippen molar-refractivity contribution in [2.75, 3.05) is 36.3 Å². The Kier molecular flexibility index (Phi) is 6.62. The number of hydrogen-bond acceptors (Lipinski definition) is 7. The van der Waals surface area contributed by atoms with Gasteiger partial charge in [0, 0.05) is 20.7 Å². The SMILES string of the molecule is CN1C(=C(C#N)C(=O)CSc2ncc(-c3ccccc3)n2CC2CCCO2)N(C)c2ccccc21. The van der Waals surface area contributed by atoms with Gasteiger partial charge in [0.1, 0.15) is 17.5 Å². The zero-order valence-electron chi connectivity index (χ0n) is 19.8. The first kappa shape index (κ1) is 23.2. The van der Waals surface area contributed by atoms with Crippen LogP contribution in [-0.2, 0) is 16.1 Å². The highest BCUT2D eigenvalue weighted by molar-refractivity contribution is 7.99. The summed E-state index contributed by atoms with van der Waals surface area (Å²) in [5, 5.41) is 10.7. The molecule has 0 amide bonds. The number of anilines is 2. The van der Waals surface area contributed by atoms with Crippen molar-refractivity contribution in [2.24, 2.45) is 0 Å². The number of ketones is 1. The molecule has 0 N–H and O–H groups in total. The van der Waals surface area contributed by atoms with Crippen LogP contribution in [-0.4, -0.2) is 47.9 Å². The van der Waals surface area contributed by atoms with Gasteiger partial charge >= 0.3 is 0 Å². The molecule has 1 fully saturated rings. The third-order valence-corrected chi connectivity index (χ3v) is 7.48. The maximum Gasteiger partial charge on any atom is 0.187 e. The number of rotatable bonds is 7. The monoisotopic (exact) mass is 485 g/mol. The van der Waals surface area contributed by atoms with Crippen molar-refractivity contribution in [1.29, 1.82) is 5.26 Å². The number of fused-ring (bicyclic) bond motifs is 1. The second kappa shape index (κ2) is 9.98. The third-order valence-electron chi connectivity index (χ3n) is 6.49. The van der Waals surface area contributed by atoms with Gasteiger partial charge in [-0.05, 0) is 30.5 Å². The lowest BCUT2D eigenvalue weighted by atomic mass is 10.1. The Bertz CT molecular complexity index is 1270. The molecule has 1 unspecified atom stereocenters. The highest BCUT2D eigenvalue weighted by Crippen LogP contribution is 2.40. The highest BCUT2D eigenvalue weighted by Gasteiger charge is 2.31. The fourth-order valence-corrected chi connectivity index (χ4v) is 5.60. The molecular formula is C27H27N5O2S. The minimum Gasteiger partial charge on any atom is -0.376 e. The zero-order chi connectivity index (χ0) is 24.4. The summed E-state index contributed by atoms with van der Waals surface area (Å²) in [6.07, 6.45) is 4.07. The van der Waals surface area contributed by atoms with Crippen LogP contribution >= 0.6 is 11.8 Å². The number of para-hydroxylation sites is 2. The van der Waals surface area contributed by atoms with E-state index in [1.807, 2.05) is 72.6 Å². The molecule has 0 saturated carbocycles. The first-order chi connectivity index (χ1) is 17.1. The van der Waals surface area contributed by atoms with E-state index in [1.165, 1.54) is 11.8 Å². The van der Waals surface area contributed by atoms with Crippen LogP contribution in [0.25, 0.3) is 11.3 Å². The summed E-state index contributed by atoms with van der Waals surface area (Å²) in [5.41, 5.74) is 4.17. The molecule has 2 aromatic carbocycles. The standard InChI is InChI=1S/C27H27N5O2S/c1-30-22-12-6-7-13-23(22)31(2)26(30)21(15-28)25(33)18-35-27-29-16-24(19-9-4-3-5-10-19)32(27)17-20-11-8-14-34-20/h3-7,9-10,12-13,16,20H,8,11,14,17-18H2,1-2H3. The molecule has 2 aliphatic rings. The molecule has 0 spiro atoms. The number of aromatic nitrogens is 2. The van der Waals surface area contributed by atoms with Gasteiger partial charge in [0.15, 0.2) is 10.9 Å². The summed E-state index contributed by atoms with van der Waals surface area (Å²) in [6, 6.07) is 20.2. The lowest BCUT2D eigenvalue weighted by Crippen LogP contribution is -2.26. The maximum absolute atomic E-state index is 13.3. The predicted octanol–water partition coefficient (Wildman–Crippen LogP) is 4.71. The van der Waals surface area contributed by atoms with Crippen LogP contribution < -0.4 is 9.80 Å². The first-order valence-electron chi connectivity index (χ1n) is 11.7. The van der Waals surface area contributed by atoms with Crippen LogP contribution in [0.1, 0.15) is 12.8 Å². The lowest BCUT2D eigenvalue weighted by molar-refractivity contribution is -0.112. The molecule has 3 aromatic rings. The van der Waals surface area contributed by atoms with Crippen LogP contribution in [0.3, 0.4) is 0 Å². The van der Waals surface area contributed by atoms with E-state index in [9.17, 15) is 10.1 Å². The molecule has 1 saturated heterocycles. The van der Waals surface area contributed by atoms with E-state index in [0.717, 1.165) is 47.2 Å². The molecule has 0 radical (unpaired) electrons. The molecular weight excluding hydrogens is 458 g/mol. The van der Waals surface area contributed by atoms with E-state index in [2.05, 4.69) is 27.8 Å². The number of allylic oxidation sites excluding steroid dienone is 1. The zero-order valence-corrected chi connectivity index (χ0v) is 20.7. The van der Waals surface area contributed by atoms with E-state index in [1.54, 1.807) is 0 Å². The van der Waals surface area contributed by atoms with Gasteiger partial charge in [-0.15, -0.1) is 0 Å². The van der Waals surface area contributed by atoms with Gasteiger partial charge in [0.05, 0.1) is 41.7 Å². The minimum atomic E-state index is -0.216. The number of ether oxygens (including phenoxy) is 1. The summed E-state index contributed by atoms with van der Waals surface area (Å²) in [6.45, 7) is 1.47. The maximum atomic E-state index is 13.3. The van der Waals surface area contributed by atoms with Crippen molar-refractivity contribution in [2.45, 2.75) is 30.6 Å². The first-order valence-corrected chi connectivity index (χ1v) is 12.7. The van der Waals surface area contributed by atoms with Gasteiger partial charge in [0.2, 0.25) is 0 Å². The summed E-state index contributed by atoms with van der Waals surface area (Å²) in [5.74, 6) is 0.514. The van der Waals surface area contributed by atoms with E-state index in [4.69, 9.17) is 4.74 Å². The van der Waals surface area contributed by atoms with Crippen molar-refractivity contribution in [3.63, 3.8) is 0 Å². The van der Waals surface area contributed by atoms with Gasteiger partial charge < -0.3 is 19.1 Å². The summed E-state index contributed by atoms with van der Waals surface area (Å²) < 4.78 is 8.03. The second-order valence-corrected chi connectivity index (χ2v) is 9.61. The number of nitriles is 1.